The molecular weight excluding hydrogens is 235 g/mol. The molecule has 3 nitrogen and oxygen atoms in total. The average molecular weight is 246 g/mol. The SMILES string of the molecule is CP1(=O)c2cc(O)ccc2-c2ccc(O)cc21. The molecular formula is C13H11O3P. The van der Waals surface area contributed by atoms with Crippen LogP contribution in [0.25, 0.3) is 11.1 Å². The van der Waals surface area contributed by atoms with E-state index in [1.807, 2.05) is 0 Å². The third-order valence-electron chi connectivity index (χ3n) is 3.17. The van der Waals surface area contributed by atoms with Crippen molar-refractivity contribution in [2.75, 3.05) is 6.66 Å². The third-order valence-corrected chi connectivity index (χ3v) is 5.75. The number of fused-ring (bicyclic) bond motifs is 3. The van der Waals surface area contributed by atoms with Gasteiger partial charge in [-0.15, -0.1) is 0 Å². The summed E-state index contributed by atoms with van der Waals surface area (Å²) < 4.78 is 12.7. The Kier molecular flexibility index (Phi) is 1.93. The quantitative estimate of drug-likeness (QED) is 0.699. The molecule has 0 aliphatic carbocycles. The van der Waals surface area contributed by atoms with Gasteiger partial charge in [-0.1, -0.05) is 0 Å². The normalized spacial score (nSPS) is 15.4. The van der Waals surface area contributed by atoms with Crippen LogP contribution in [0.15, 0.2) is 36.4 Å². The van der Waals surface area contributed by atoms with E-state index in [0.717, 1.165) is 11.1 Å². The molecule has 3 rings (SSSR count). The second-order valence-electron chi connectivity index (χ2n) is 4.33. The third kappa shape index (κ3) is 1.32. The van der Waals surface area contributed by atoms with Gasteiger partial charge in [0.05, 0.1) is 0 Å². The van der Waals surface area contributed by atoms with E-state index >= 15 is 0 Å². The predicted octanol–water partition coefficient (Wildman–Crippen LogP) is 2.02. The molecule has 0 amide bonds. The van der Waals surface area contributed by atoms with Gasteiger partial charge in [0.25, 0.3) is 0 Å². The van der Waals surface area contributed by atoms with Gasteiger partial charge >= 0.3 is 0 Å². The Morgan fingerprint density at radius 1 is 0.882 bits per heavy atom. The fourth-order valence-electron chi connectivity index (χ4n) is 2.33. The van der Waals surface area contributed by atoms with Crippen molar-refractivity contribution in [3.05, 3.63) is 36.4 Å². The Balaban J connectivity index is 2.42. The minimum absolute atomic E-state index is 0.114. The van der Waals surface area contributed by atoms with Crippen molar-refractivity contribution in [1.82, 2.24) is 0 Å². The van der Waals surface area contributed by atoms with Crippen LogP contribution in [0.5, 0.6) is 11.5 Å². The van der Waals surface area contributed by atoms with Gasteiger partial charge in [-0.05, 0) is 54.2 Å². The lowest BCUT2D eigenvalue weighted by atomic mass is 10.1. The molecule has 4 heteroatoms. The fraction of sp³-hybridized carbons (Fsp3) is 0.0769. The van der Waals surface area contributed by atoms with E-state index in [1.54, 1.807) is 43.1 Å². The topological polar surface area (TPSA) is 57.5 Å². The molecule has 0 spiro atoms. The molecule has 17 heavy (non-hydrogen) atoms. The number of aromatic hydroxyl groups is 2. The molecule has 0 unspecified atom stereocenters. The monoisotopic (exact) mass is 246 g/mol. The van der Waals surface area contributed by atoms with Crippen molar-refractivity contribution in [3.8, 4) is 22.6 Å². The summed E-state index contributed by atoms with van der Waals surface area (Å²) in [7, 11) is -2.70. The van der Waals surface area contributed by atoms with Crippen molar-refractivity contribution in [3.63, 3.8) is 0 Å². The predicted molar refractivity (Wildman–Crippen MR) is 68.0 cm³/mol. The molecule has 0 saturated carbocycles. The molecule has 1 aliphatic rings. The fourth-order valence-corrected chi connectivity index (χ4v) is 4.66. The van der Waals surface area contributed by atoms with E-state index < -0.39 is 7.14 Å². The van der Waals surface area contributed by atoms with Gasteiger partial charge in [0.1, 0.15) is 18.6 Å². The van der Waals surface area contributed by atoms with Crippen LogP contribution in [0.4, 0.5) is 0 Å². The van der Waals surface area contributed by atoms with Gasteiger partial charge in [-0.25, -0.2) is 0 Å². The highest BCUT2D eigenvalue weighted by Crippen LogP contribution is 2.51. The van der Waals surface area contributed by atoms with Crippen LogP contribution in [0.2, 0.25) is 0 Å². The highest BCUT2D eigenvalue weighted by molar-refractivity contribution is 7.79. The summed E-state index contributed by atoms with van der Waals surface area (Å²) in [6.07, 6.45) is 0. The Bertz CT molecular complexity index is 621. The Morgan fingerprint density at radius 3 is 1.71 bits per heavy atom. The van der Waals surface area contributed by atoms with Crippen molar-refractivity contribution < 1.29 is 14.8 Å². The van der Waals surface area contributed by atoms with Crippen LogP contribution in [-0.4, -0.2) is 16.9 Å². The van der Waals surface area contributed by atoms with Crippen LogP contribution in [0.3, 0.4) is 0 Å². The summed E-state index contributed by atoms with van der Waals surface area (Å²) in [6, 6.07) is 9.80. The van der Waals surface area contributed by atoms with Crippen LogP contribution in [0, 0.1) is 0 Å². The molecule has 2 N–H and O–H groups in total. The zero-order valence-corrected chi connectivity index (χ0v) is 10.1. The number of hydrogen-bond donors (Lipinski definition) is 2. The van der Waals surface area contributed by atoms with E-state index in [4.69, 9.17) is 0 Å². The summed E-state index contributed by atoms with van der Waals surface area (Å²) in [5, 5.41) is 20.3. The molecule has 0 saturated heterocycles. The number of phenolic OH excluding ortho intramolecular Hbond substituents is 2. The number of phenols is 2. The Labute approximate surface area is 98.7 Å². The molecule has 0 bridgehead atoms. The number of benzene rings is 2. The number of rotatable bonds is 0. The molecule has 2 aromatic rings. The first kappa shape index (κ1) is 10.4. The first-order valence-corrected chi connectivity index (χ1v) is 7.40. The zero-order valence-electron chi connectivity index (χ0n) is 9.21. The van der Waals surface area contributed by atoms with Crippen molar-refractivity contribution in [1.29, 1.82) is 0 Å². The van der Waals surface area contributed by atoms with E-state index in [0.29, 0.717) is 10.6 Å². The number of hydrogen-bond acceptors (Lipinski definition) is 3. The van der Waals surface area contributed by atoms with Crippen molar-refractivity contribution >= 4 is 17.8 Å². The van der Waals surface area contributed by atoms with Gasteiger partial charge in [-0.2, -0.15) is 0 Å². The lowest BCUT2D eigenvalue weighted by molar-refractivity contribution is 0.475. The first-order chi connectivity index (χ1) is 8.00. The van der Waals surface area contributed by atoms with Crippen LogP contribution in [-0.2, 0) is 4.57 Å². The largest absolute Gasteiger partial charge is 0.508 e. The second-order valence-corrected chi connectivity index (χ2v) is 7.14. The molecule has 0 aromatic heterocycles. The highest BCUT2D eigenvalue weighted by Gasteiger charge is 2.35. The molecule has 0 radical (unpaired) electrons. The van der Waals surface area contributed by atoms with E-state index in [-0.39, 0.29) is 11.5 Å². The Morgan fingerprint density at radius 2 is 1.29 bits per heavy atom. The van der Waals surface area contributed by atoms with Crippen molar-refractivity contribution in [2.45, 2.75) is 0 Å². The minimum atomic E-state index is -2.70. The standard InChI is InChI=1S/C13H11O3P/c1-17(16)12-6-8(14)2-4-10(12)11-5-3-9(15)7-13(11)17/h2-7,14-15H,1H3. The highest BCUT2D eigenvalue weighted by atomic mass is 31.2. The van der Waals surface area contributed by atoms with Gasteiger partial charge in [0.15, 0.2) is 0 Å². The lowest BCUT2D eigenvalue weighted by Gasteiger charge is -2.08. The molecule has 2 aromatic carbocycles. The van der Waals surface area contributed by atoms with Crippen molar-refractivity contribution in [2.24, 2.45) is 0 Å². The smallest absolute Gasteiger partial charge is 0.141 e. The maximum Gasteiger partial charge on any atom is 0.141 e. The van der Waals surface area contributed by atoms with E-state index in [9.17, 15) is 14.8 Å². The van der Waals surface area contributed by atoms with Gasteiger partial charge < -0.3 is 14.8 Å². The van der Waals surface area contributed by atoms with Gasteiger partial charge in [-0.3, -0.25) is 0 Å². The summed E-state index contributed by atoms with van der Waals surface area (Å²) >= 11 is 0. The van der Waals surface area contributed by atoms with Crippen LogP contribution < -0.4 is 10.6 Å². The minimum Gasteiger partial charge on any atom is -0.508 e. The molecule has 1 heterocycles. The van der Waals surface area contributed by atoms with E-state index in [2.05, 4.69) is 0 Å². The summed E-state index contributed by atoms with van der Waals surface area (Å²) in [5.41, 5.74) is 1.76. The zero-order chi connectivity index (χ0) is 12.2. The molecule has 1 aliphatic heterocycles. The van der Waals surface area contributed by atoms with Crippen LogP contribution >= 0.6 is 7.14 Å². The molecule has 86 valence electrons. The summed E-state index contributed by atoms with van der Waals surface area (Å²) in [5.74, 6) is 0.228. The van der Waals surface area contributed by atoms with Crippen LogP contribution in [0.1, 0.15) is 0 Å². The van der Waals surface area contributed by atoms with Gasteiger partial charge in [0, 0.05) is 10.6 Å². The maximum atomic E-state index is 12.7. The molecule has 0 atom stereocenters. The molecule has 0 fully saturated rings. The van der Waals surface area contributed by atoms with E-state index in [1.165, 1.54) is 0 Å². The maximum absolute atomic E-state index is 12.7. The second kappa shape index (κ2) is 3.14. The Hall–Kier alpha value is -1.73. The summed E-state index contributed by atoms with van der Waals surface area (Å²) in [4.78, 5) is 0. The average Bonchev–Trinajstić information content (AvgIpc) is 2.49. The summed E-state index contributed by atoms with van der Waals surface area (Å²) in [6.45, 7) is 1.66. The first-order valence-electron chi connectivity index (χ1n) is 5.25. The van der Waals surface area contributed by atoms with Gasteiger partial charge in [0.2, 0.25) is 0 Å². The lowest BCUT2D eigenvalue weighted by Crippen LogP contribution is -2.07.